The van der Waals surface area contributed by atoms with Gasteiger partial charge in [-0.15, -0.1) is 0 Å². The second-order valence-electron chi connectivity index (χ2n) is 4.81. The smallest absolute Gasteiger partial charge is 0.306 e. The van der Waals surface area contributed by atoms with Crippen molar-refractivity contribution in [2.45, 2.75) is 38.1 Å². The van der Waals surface area contributed by atoms with Crippen LogP contribution in [0.2, 0.25) is 5.02 Å². The number of nitrogens with two attached hydrogens (primary N) is 1. The Bertz CT molecular complexity index is 467. The Morgan fingerprint density at radius 3 is 2.68 bits per heavy atom. The maximum absolute atomic E-state index is 13.2. The number of carbonyl (C=O) groups excluding carboxylic acids is 1. The Morgan fingerprint density at radius 2 is 2.21 bits per heavy atom. The molecule has 1 aromatic carbocycles. The van der Waals surface area contributed by atoms with Crippen LogP contribution in [0.4, 0.5) is 4.39 Å². The molecule has 0 aliphatic heterocycles. The van der Waals surface area contributed by atoms with Crippen LogP contribution in [-0.4, -0.2) is 19.1 Å². The molecule has 2 atom stereocenters. The van der Waals surface area contributed by atoms with Crippen molar-refractivity contribution >= 4 is 17.6 Å². The summed E-state index contributed by atoms with van der Waals surface area (Å²) in [5.41, 5.74) is 6.23. The number of esters is 1. The van der Waals surface area contributed by atoms with Crippen molar-refractivity contribution in [3.8, 4) is 0 Å². The standard InChI is InChI=1S/C14H19ClFNO2/c1-4-12(17)14(2,8-13(18)19-3)9-5-6-11(16)10(15)7-9/h5-7,12H,4,8,17H2,1-3H3. The zero-order chi connectivity index (χ0) is 14.6. The minimum Gasteiger partial charge on any atom is -0.469 e. The highest BCUT2D eigenvalue weighted by atomic mass is 35.5. The van der Waals surface area contributed by atoms with Crippen LogP contribution in [0.25, 0.3) is 0 Å². The Labute approximate surface area is 117 Å². The maximum atomic E-state index is 13.2. The summed E-state index contributed by atoms with van der Waals surface area (Å²) >= 11 is 5.81. The quantitative estimate of drug-likeness (QED) is 0.847. The lowest BCUT2D eigenvalue weighted by Gasteiger charge is -2.35. The first-order valence-electron chi connectivity index (χ1n) is 6.13. The van der Waals surface area contributed by atoms with E-state index in [1.807, 2.05) is 13.8 Å². The summed E-state index contributed by atoms with van der Waals surface area (Å²) < 4.78 is 18.0. The molecule has 5 heteroatoms. The summed E-state index contributed by atoms with van der Waals surface area (Å²) in [6, 6.07) is 4.16. The Balaban J connectivity index is 3.22. The number of carbonyl (C=O) groups is 1. The van der Waals surface area contributed by atoms with Gasteiger partial charge in [-0.25, -0.2) is 4.39 Å². The zero-order valence-electron chi connectivity index (χ0n) is 11.4. The molecule has 2 unspecified atom stereocenters. The number of hydrogen-bond acceptors (Lipinski definition) is 3. The lowest BCUT2D eigenvalue weighted by molar-refractivity contribution is -0.142. The number of halogens is 2. The van der Waals surface area contributed by atoms with E-state index in [0.717, 1.165) is 5.56 Å². The molecule has 1 rings (SSSR count). The molecule has 0 fully saturated rings. The Hall–Kier alpha value is -1.13. The third kappa shape index (κ3) is 3.45. The maximum Gasteiger partial charge on any atom is 0.306 e. The van der Waals surface area contributed by atoms with E-state index in [1.165, 1.54) is 19.2 Å². The number of ether oxygens (including phenoxy) is 1. The fourth-order valence-corrected chi connectivity index (χ4v) is 2.30. The lowest BCUT2D eigenvalue weighted by atomic mass is 9.72. The monoisotopic (exact) mass is 287 g/mol. The molecule has 2 N–H and O–H groups in total. The van der Waals surface area contributed by atoms with Gasteiger partial charge in [0.2, 0.25) is 0 Å². The van der Waals surface area contributed by atoms with E-state index in [4.69, 9.17) is 22.1 Å². The largest absolute Gasteiger partial charge is 0.469 e. The van der Waals surface area contributed by atoms with E-state index in [9.17, 15) is 9.18 Å². The minimum absolute atomic E-state index is 0.0249. The van der Waals surface area contributed by atoms with Gasteiger partial charge in [-0.2, -0.15) is 0 Å². The normalized spacial score (nSPS) is 15.7. The summed E-state index contributed by atoms with van der Waals surface area (Å²) in [6.07, 6.45) is 0.808. The van der Waals surface area contributed by atoms with Crippen LogP contribution in [0.3, 0.4) is 0 Å². The van der Waals surface area contributed by atoms with Gasteiger partial charge in [-0.3, -0.25) is 4.79 Å². The second kappa shape index (κ2) is 6.35. The van der Waals surface area contributed by atoms with Gasteiger partial charge in [0.15, 0.2) is 0 Å². The van der Waals surface area contributed by atoms with E-state index in [0.29, 0.717) is 6.42 Å². The topological polar surface area (TPSA) is 52.3 Å². The SMILES string of the molecule is CCC(N)C(C)(CC(=O)OC)c1ccc(F)c(Cl)c1. The van der Waals surface area contributed by atoms with Gasteiger partial charge in [-0.1, -0.05) is 31.5 Å². The Kier molecular flexibility index (Phi) is 5.32. The lowest BCUT2D eigenvalue weighted by Crippen LogP contribution is -2.44. The molecular formula is C14H19ClFNO2. The van der Waals surface area contributed by atoms with Crippen LogP contribution in [0.15, 0.2) is 18.2 Å². The van der Waals surface area contributed by atoms with E-state index in [1.54, 1.807) is 6.07 Å². The number of benzene rings is 1. The summed E-state index contributed by atoms with van der Waals surface area (Å²) in [7, 11) is 1.33. The van der Waals surface area contributed by atoms with Crippen LogP contribution in [0.1, 0.15) is 32.3 Å². The molecule has 0 heterocycles. The van der Waals surface area contributed by atoms with Crippen LogP contribution < -0.4 is 5.73 Å². The van der Waals surface area contributed by atoms with Gasteiger partial charge in [0.05, 0.1) is 18.6 Å². The van der Waals surface area contributed by atoms with E-state index < -0.39 is 11.2 Å². The molecule has 0 radical (unpaired) electrons. The van der Waals surface area contributed by atoms with Crippen LogP contribution in [0.5, 0.6) is 0 Å². The third-order valence-electron chi connectivity index (χ3n) is 3.58. The predicted octanol–water partition coefficient (Wildman–Crippen LogP) is 3.04. The van der Waals surface area contributed by atoms with Crippen molar-refractivity contribution in [1.29, 1.82) is 0 Å². The molecule has 3 nitrogen and oxygen atoms in total. The molecule has 106 valence electrons. The molecule has 0 saturated heterocycles. The average molecular weight is 288 g/mol. The number of methoxy groups -OCH3 is 1. The average Bonchev–Trinajstić information content (AvgIpc) is 2.40. The highest BCUT2D eigenvalue weighted by molar-refractivity contribution is 6.30. The molecule has 0 saturated carbocycles. The first-order valence-corrected chi connectivity index (χ1v) is 6.50. The molecular weight excluding hydrogens is 269 g/mol. The summed E-state index contributed by atoms with van der Waals surface area (Å²) in [6.45, 7) is 3.80. The molecule has 0 bridgehead atoms. The van der Waals surface area contributed by atoms with Gasteiger partial charge in [0.1, 0.15) is 5.82 Å². The van der Waals surface area contributed by atoms with Crippen molar-refractivity contribution < 1.29 is 13.9 Å². The van der Waals surface area contributed by atoms with Gasteiger partial charge < -0.3 is 10.5 Å². The number of hydrogen-bond donors (Lipinski definition) is 1. The molecule has 0 aromatic heterocycles. The highest BCUT2D eigenvalue weighted by Crippen LogP contribution is 2.34. The first-order chi connectivity index (χ1) is 8.85. The van der Waals surface area contributed by atoms with Crippen LogP contribution in [-0.2, 0) is 14.9 Å². The van der Waals surface area contributed by atoms with Crippen molar-refractivity contribution in [2.75, 3.05) is 7.11 Å². The number of rotatable bonds is 5. The van der Waals surface area contributed by atoms with Crippen molar-refractivity contribution in [1.82, 2.24) is 0 Å². The van der Waals surface area contributed by atoms with Crippen molar-refractivity contribution in [2.24, 2.45) is 5.73 Å². The van der Waals surface area contributed by atoms with Crippen molar-refractivity contribution in [3.63, 3.8) is 0 Å². The van der Waals surface area contributed by atoms with Gasteiger partial charge in [-0.05, 0) is 24.1 Å². The van der Waals surface area contributed by atoms with Gasteiger partial charge >= 0.3 is 5.97 Å². The third-order valence-corrected chi connectivity index (χ3v) is 3.87. The van der Waals surface area contributed by atoms with E-state index >= 15 is 0 Å². The molecule has 1 aromatic rings. The summed E-state index contributed by atoms with van der Waals surface area (Å²) in [5.74, 6) is -0.845. The molecule has 19 heavy (non-hydrogen) atoms. The molecule has 0 spiro atoms. The zero-order valence-corrected chi connectivity index (χ0v) is 12.1. The fraction of sp³-hybridized carbons (Fsp3) is 0.500. The minimum atomic E-state index is -0.640. The summed E-state index contributed by atoms with van der Waals surface area (Å²) in [4.78, 5) is 11.6. The Morgan fingerprint density at radius 1 is 1.58 bits per heavy atom. The van der Waals surface area contributed by atoms with Crippen LogP contribution >= 0.6 is 11.6 Å². The van der Waals surface area contributed by atoms with E-state index in [-0.39, 0.29) is 23.5 Å². The summed E-state index contributed by atoms with van der Waals surface area (Å²) in [5, 5.41) is 0.0249. The van der Waals surface area contributed by atoms with Gasteiger partial charge in [0.25, 0.3) is 0 Å². The molecule has 0 aliphatic rings. The molecule has 0 amide bonds. The first kappa shape index (κ1) is 15.9. The second-order valence-corrected chi connectivity index (χ2v) is 5.22. The van der Waals surface area contributed by atoms with Gasteiger partial charge in [0, 0.05) is 11.5 Å². The highest BCUT2D eigenvalue weighted by Gasteiger charge is 2.36. The molecule has 0 aliphatic carbocycles. The van der Waals surface area contributed by atoms with Crippen molar-refractivity contribution in [3.05, 3.63) is 34.6 Å². The fourth-order valence-electron chi connectivity index (χ4n) is 2.12. The van der Waals surface area contributed by atoms with E-state index in [2.05, 4.69) is 0 Å². The van der Waals surface area contributed by atoms with Crippen LogP contribution in [0, 0.1) is 5.82 Å². The predicted molar refractivity (Wildman–Crippen MR) is 73.7 cm³/mol.